The van der Waals surface area contributed by atoms with E-state index in [0.29, 0.717) is 11.6 Å². The Kier molecular flexibility index (Phi) is 2.94. The van der Waals surface area contributed by atoms with Gasteiger partial charge in [0, 0.05) is 5.69 Å². The normalized spacial score (nSPS) is 26.5. The Hall–Kier alpha value is -1.05. The van der Waals surface area contributed by atoms with Gasteiger partial charge in [-0.25, -0.2) is 4.39 Å². The lowest BCUT2D eigenvalue weighted by atomic mass is 9.78. The molecule has 1 nitrogen and oxygen atoms in total. The van der Waals surface area contributed by atoms with Crippen LogP contribution < -0.4 is 5.73 Å². The number of rotatable bonds is 1. The monoisotopic (exact) mass is 207 g/mol. The van der Waals surface area contributed by atoms with Crippen LogP contribution in [-0.2, 0) is 0 Å². The van der Waals surface area contributed by atoms with Crippen LogP contribution in [0.1, 0.15) is 44.1 Å². The number of hydrogen-bond donors (Lipinski definition) is 1. The van der Waals surface area contributed by atoms with Gasteiger partial charge < -0.3 is 5.73 Å². The van der Waals surface area contributed by atoms with Crippen molar-refractivity contribution in [2.75, 3.05) is 5.73 Å². The molecular weight excluding hydrogens is 189 g/mol. The van der Waals surface area contributed by atoms with Gasteiger partial charge in [0.15, 0.2) is 0 Å². The van der Waals surface area contributed by atoms with E-state index in [-0.39, 0.29) is 5.82 Å². The molecular formula is C13H18FN. The summed E-state index contributed by atoms with van der Waals surface area (Å²) in [5.74, 6) is 1.07. The first-order valence-electron chi connectivity index (χ1n) is 5.71. The Morgan fingerprint density at radius 1 is 1.33 bits per heavy atom. The standard InChI is InChI=1S/C13H18FN/c1-9-3-2-4-10(7-9)12-6-5-11(14)8-13(12)15/h5-6,8-10H,2-4,7,15H2,1H3. The second kappa shape index (κ2) is 4.21. The molecule has 1 aliphatic carbocycles. The van der Waals surface area contributed by atoms with Gasteiger partial charge in [-0.15, -0.1) is 0 Å². The molecule has 1 aromatic rings. The SMILES string of the molecule is CC1CCCC(c2ccc(F)cc2N)C1. The Morgan fingerprint density at radius 3 is 2.80 bits per heavy atom. The highest BCUT2D eigenvalue weighted by Crippen LogP contribution is 2.38. The molecule has 0 bridgehead atoms. The van der Waals surface area contributed by atoms with Gasteiger partial charge in [-0.05, 0) is 42.4 Å². The van der Waals surface area contributed by atoms with E-state index in [2.05, 4.69) is 6.92 Å². The van der Waals surface area contributed by atoms with E-state index in [9.17, 15) is 4.39 Å². The number of benzene rings is 1. The zero-order chi connectivity index (χ0) is 10.8. The van der Waals surface area contributed by atoms with E-state index in [0.717, 1.165) is 11.5 Å². The summed E-state index contributed by atoms with van der Waals surface area (Å²) in [5, 5.41) is 0. The minimum Gasteiger partial charge on any atom is -0.398 e. The Balaban J connectivity index is 2.21. The topological polar surface area (TPSA) is 26.0 Å². The number of nitrogens with two attached hydrogens (primary N) is 1. The van der Waals surface area contributed by atoms with Crippen LogP contribution in [0.4, 0.5) is 10.1 Å². The molecule has 0 aromatic heterocycles. The quantitative estimate of drug-likeness (QED) is 0.698. The van der Waals surface area contributed by atoms with Crippen molar-refractivity contribution in [3.8, 4) is 0 Å². The molecule has 1 saturated carbocycles. The molecule has 2 atom stereocenters. The van der Waals surface area contributed by atoms with Crippen LogP contribution in [0.25, 0.3) is 0 Å². The van der Waals surface area contributed by atoms with Crippen LogP contribution >= 0.6 is 0 Å². The lowest BCUT2D eigenvalue weighted by molar-refractivity contribution is 0.344. The highest BCUT2D eigenvalue weighted by atomic mass is 19.1. The summed E-state index contributed by atoms with van der Waals surface area (Å²) in [5.41, 5.74) is 7.62. The van der Waals surface area contributed by atoms with Crippen LogP contribution in [0.15, 0.2) is 18.2 Å². The van der Waals surface area contributed by atoms with Gasteiger partial charge in [0.25, 0.3) is 0 Å². The smallest absolute Gasteiger partial charge is 0.125 e. The summed E-state index contributed by atoms with van der Waals surface area (Å²) in [7, 11) is 0. The summed E-state index contributed by atoms with van der Waals surface area (Å²) < 4.78 is 12.9. The molecule has 0 aliphatic heterocycles. The maximum atomic E-state index is 12.9. The third-order valence-corrected chi connectivity index (χ3v) is 3.43. The average Bonchev–Trinajstić information content (AvgIpc) is 2.17. The van der Waals surface area contributed by atoms with Crippen LogP contribution in [-0.4, -0.2) is 0 Å². The first kappa shape index (κ1) is 10.5. The van der Waals surface area contributed by atoms with Gasteiger partial charge >= 0.3 is 0 Å². The van der Waals surface area contributed by atoms with E-state index >= 15 is 0 Å². The molecule has 2 unspecified atom stereocenters. The van der Waals surface area contributed by atoms with Crippen molar-refractivity contribution in [3.63, 3.8) is 0 Å². The fraction of sp³-hybridized carbons (Fsp3) is 0.538. The van der Waals surface area contributed by atoms with Gasteiger partial charge in [-0.3, -0.25) is 0 Å². The Labute approximate surface area is 90.5 Å². The van der Waals surface area contributed by atoms with Crippen molar-refractivity contribution in [1.29, 1.82) is 0 Å². The van der Waals surface area contributed by atoms with Crippen LogP contribution in [0.3, 0.4) is 0 Å². The number of anilines is 1. The minimum atomic E-state index is -0.236. The highest BCUT2D eigenvalue weighted by molar-refractivity contribution is 5.49. The van der Waals surface area contributed by atoms with Gasteiger partial charge in [0.2, 0.25) is 0 Å². The summed E-state index contributed by atoms with van der Waals surface area (Å²) >= 11 is 0. The average molecular weight is 207 g/mol. The minimum absolute atomic E-state index is 0.236. The molecule has 1 aliphatic rings. The van der Waals surface area contributed by atoms with Crippen molar-refractivity contribution in [3.05, 3.63) is 29.6 Å². The first-order valence-corrected chi connectivity index (χ1v) is 5.71. The Morgan fingerprint density at radius 2 is 2.13 bits per heavy atom. The van der Waals surface area contributed by atoms with E-state index < -0.39 is 0 Å². The molecule has 0 radical (unpaired) electrons. The molecule has 0 amide bonds. The summed E-state index contributed by atoms with van der Waals surface area (Å²) in [6.45, 7) is 2.28. The summed E-state index contributed by atoms with van der Waals surface area (Å²) in [6.07, 6.45) is 4.97. The molecule has 0 spiro atoms. The zero-order valence-corrected chi connectivity index (χ0v) is 9.17. The first-order chi connectivity index (χ1) is 7.16. The summed E-state index contributed by atoms with van der Waals surface area (Å²) in [4.78, 5) is 0. The molecule has 1 fully saturated rings. The molecule has 2 heteroatoms. The maximum absolute atomic E-state index is 12.9. The van der Waals surface area contributed by atoms with Crippen molar-refractivity contribution < 1.29 is 4.39 Å². The van der Waals surface area contributed by atoms with Crippen LogP contribution in [0.2, 0.25) is 0 Å². The van der Waals surface area contributed by atoms with E-state index in [1.807, 2.05) is 6.07 Å². The lowest BCUT2D eigenvalue weighted by Gasteiger charge is -2.27. The Bertz CT molecular complexity index is 348. The maximum Gasteiger partial charge on any atom is 0.125 e. The number of halogens is 1. The van der Waals surface area contributed by atoms with Crippen molar-refractivity contribution in [1.82, 2.24) is 0 Å². The number of nitrogen functional groups attached to an aromatic ring is 1. The molecule has 2 rings (SSSR count). The predicted molar refractivity (Wildman–Crippen MR) is 61.2 cm³/mol. The highest BCUT2D eigenvalue weighted by Gasteiger charge is 2.21. The van der Waals surface area contributed by atoms with Gasteiger partial charge in [-0.2, -0.15) is 0 Å². The fourth-order valence-electron chi connectivity index (χ4n) is 2.63. The number of hydrogen-bond acceptors (Lipinski definition) is 1. The van der Waals surface area contributed by atoms with E-state index in [1.165, 1.54) is 37.8 Å². The second-order valence-electron chi connectivity index (χ2n) is 4.74. The van der Waals surface area contributed by atoms with Crippen molar-refractivity contribution in [2.24, 2.45) is 5.92 Å². The van der Waals surface area contributed by atoms with Crippen molar-refractivity contribution >= 4 is 5.69 Å². The van der Waals surface area contributed by atoms with E-state index in [4.69, 9.17) is 5.73 Å². The van der Waals surface area contributed by atoms with E-state index in [1.54, 1.807) is 0 Å². The van der Waals surface area contributed by atoms with Gasteiger partial charge in [0.05, 0.1) is 0 Å². The predicted octanol–water partition coefficient (Wildman–Crippen LogP) is 3.70. The van der Waals surface area contributed by atoms with Crippen molar-refractivity contribution in [2.45, 2.75) is 38.5 Å². The molecule has 15 heavy (non-hydrogen) atoms. The fourth-order valence-corrected chi connectivity index (χ4v) is 2.63. The van der Waals surface area contributed by atoms with Crippen LogP contribution in [0, 0.1) is 11.7 Å². The van der Waals surface area contributed by atoms with Gasteiger partial charge in [-0.1, -0.05) is 25.8 Å². The third-order valence-electron chi connectivity index (χ3n) is 3.43. The second-order valence-corrected chi connectivity index (χ2v) is 4.74. The molecule has 82 valence electrons. The third kappa shape index (κ3) is 2.31. The lowest BCUT2D eigenvalue weighted by Crippen LogP contribution is -2.13. The summed E-state index contributed by atoms with van der Waals surface area (Å²) in [6, 6.07) is 4.81. The van der Waals surface area contributed by atoms with Crippen LogP contribution in [0.5, 0.6) is 0 Å². The largest absolute Gasteiger partial charge is 0.398 e. The zero-order valence-electron chi connectivity index (χ0n) is 9.17. The molecule has 0 heterocycles. The molecule has 2 N–H and O–H groups in total. The molecule has 0 saturated heterocycles. The van der Waals surface area contributed by atoms with Gasteiger partial charge in [0.1, 0.15) is 5.82 Å². The molecule has 1 aromatic carbocycles.